The average Bonchev–Trinajstić information content (AvgIpc) is 3.64. The summed E-state index contributed by atoms with van der Waals surface area (Å²) in [6.07, 6.45) is 2.00. The molecule has 0 bridgehead atoms. The molecule has 32 heavy (non-hydrogen) atoms. The zero-order valence-corrected chi connectivity index (χ0v) is 17.1. The second-order valence-corrected chi connectivity index (χ2v) is 7.73. The van der Waals surface area contributed by atoms with Crippen molar-refractivity contribution in [2.75, 3.05) is 5.32 Å². The van der Waals surface area contributed by atoms with Crippen molar-refractivity contribution in [2.45, 2.75) is 18.9 Å². The molecule has 0 spiro atoms. The van der Waals surface area contributed by atoms with E-state index in [2.05, 4.69) is 15.7 Å². The molecule has 1 aromatic heterocycles. The number of aromatic nitrogens is 2. The minimum atomic E-state index is -0.467. The van der Waals surface area contributed by atoms with Gasteiger partial charge < -0.3 is 10.6 Å². The number of carbonyl (C=O) groups is 2. The minimum absolute atomic E-state index is 0.122. The maximum Gasteiger partial charge on any atom is 0.279 e. The largest absolute Gasteiger partial charge is 0.349 e. The molecule has 1 saturated carbocycles. The number of anilines is 1. The normalized spacial score (nSPS) is 13.0. The number of para-hydroxylation sites is 1. The summed E-state index contributed by atoms with van der Waals surface area (Å²) in [6, 6.07) is 22.9. The van der Waals surface area contributed by atoms with Crippen molar-refractivity contribution in [1.82, 2.24) is 15.1 Å². The van der Waals surface area contributed by atoms with E-state index in [4.69, 9.17) is 0 Å². The number of rotatable bonds is 5. The summed E-state index contributed by atoms with van der Waals surface area (Å²) in [4.78, 5) is 38.5. The Bertz CT molecular complexity index is 1390. The Balaban J connectivity index is 1.52. The third-order valence-electron chi connectivity index (χ3n) is 5.32. The van der Waals surface area contributed by atoms with Crippen LogP contribution in [-0.2, 0) is 0 Å². The fraction of sp³-hybridized carbons (Fsp3) is 0.120. The number of benzene rings is 3. The molecule has 158 valence electrons. The van der Waals surface area contributed by atoms with Crippen LogP contribution >= 0.6 is 0 Å². The van der Waals surface area contributed by atoms with E-state index < -0.39 is 5.91 Å². The van der Waals surface area contributed by atoms with Crippen molar-refractivity contribution >= 4 is 28.3 Å². The van der Waals surface area contributed by atoms with Crippen LogP contribution in [0.25, 0.3) is 16.5 Å². The van der Waals surface area contributed by atoms with Gasteiger partial charge >= 0.3 is 0 Å². The van der Waals surface area contributed by atoms with E-state index in [9.17, 15) is 14.4 Å². The lowest BCUT2D eigenvalue weighted by Gasteiger charge is -2.12. The van der Waals surface area contributed by atoms with Crippen molar-refractivity contribution in [3.8, 4) is 5.69 Å². The Morgan fingerprint density at radius 3 is 2.31 bits per heavy atom. The monoisotopic (exact) mass is 424 g/mol. The molecule has 0 saturated heterocycles. The Hall–Kier alpha value is -4.26. The van der Waals surface area contributed by atoms with E-state index in [1.165, 1.54) is 4.68 Å². The molecule has 1 fully saturated rings. The first-order valence-corrected chi connectivity index (χ1v) is 10.4. The number of nitrogens with zero attached hydrogens (tertiary/aromatic N) is 2. The highest BCUT2D eigenvalue weighted by atomic mass is 16.2. The first-order chi connectivity index (χ1) is 15.6. The Morgan fingerprint density at radius 1 is 0.844 bits per heavy atom. The summed E-state index contributed by atoms with van der Waals surface area (Å²) in [5.74, 6) is -0.629. The SMILES string of the molecule is O=C(NC1CC1)c1cccc(NC(=O)c2nn(-c3ccccc3)c(=O)c3ccccc23)c1. The zero-order valence-electron chi connectivity index (χ0n) is 17.1. The molecule has 3 aromatic carbocycles. The van der Waals surface area contributed by atoms with E-state index >= 15 is 0 Å². The van der Waals surface area contributed by atoms with Gasteiger partial charge in [0, 0.05) is 22.7 Å². The molecule has 7 heteroatoms. The third-order valence-corrected chi connectivity index (χ3v) is 5.32. The van der Waals surface area contributed by atoms with E-state index in [-0.39, 0.29) is 23.2 Å². The van der Waals surface area contributed by atoms with Gasteiger partial charge in [-0.1, -0.05) is 42.5 Å². The van der Waals surface area contributed by atoms with Gasteiger partial charge in [0.25, 0.3) is 17.4 Å². The summed E-state index contributed by atoms with van der Waals surface area (Å²) in [5, 5.41) is 11.0. The highest BCUT2D eigenvalue weighted by Gasteiger charge is 2.24. The van der Waals surface area contributed by atoms with Gasteiger partial charge in [-0.15, -0.1) is 0 Å². The van der Waals surface area contributed by atoms with Crippen LogP contribution < -0.4 is 16.2 Å². The Kier molecular flexibility index (Phi) is 4.99. The van der Waals surface area contributed by atoms with Crippen molar-refractivity contribution in [2.24, 2.45) is 0 Å². The fourth-order valence-electron chi connectivity index (χ4n) is 3.53. The van der Waals surface area contributed by atoms with Crippen LogP contribution in [0.3, 0.4) is 0 Å². The Morgan fingerprint density at radius 2 is 1.56 bits per heavy atom. The molecule has 0 unspecified atom stereocenters. The van der Waals surface area contributed by atoms with Gasteiger partial charge in [-0.05, 0) is 49.2 Å². The van der Waals surface area contributed by atoms with Crippen molar-refractivity contribution in [3.63, 3.8) is 0 Å². The van der Waals surface area contributed by atoms with Crippen molar-refractivity contribution in [1.29, 1.82) is 0 Å². The molecular weight excluding hydrogens is 404 g/mol. The summed E-state index contributed by atoms with van der Waals surface area (Å²) >= 11 is 0. The fourth-order valence-corrected chi connectivity index (χ4v) is 3.53. The molecule has 4 aromatic rings. The van der Waals surface area contributed by atoms with Crippen LogP contribution in [0.4, 0.5) is 5.69 Å². The van der Waals surface area contributed by atoms with Crippen molar-refractivity contribution < 1.29 is 9.59 Å². The lowest BCUT2D eigenvalue weighted by Crippen LogP contribution is -2.27. The van der Waals surface area contributed by atoms with Gasteiger partial charge in [0.15, 0.2) is 5.69 Å². The number of nitrogens with one attached hydrogen (secondary N) is 2. The van der Waals surface area contributed by atoms with Gasteiger partial charge in [-0.25, -0.2) is 0 Å². The van der Waals surface area contributed by atoms with Crippen LogP contribution in [0.2, 0.25) is 0 Å². The van der Waals surface area contributed by atoms with Crippen molar-refractivity contribution in [3.05, 3.63) is 100 Å². The van der Waals surface area contributed by atoms with Crippen LogP contribution in [0.1, 0.15) is 33.7 Å². The predicted molar refractivity (Wildman–Crippen MR) is 122 cm³/mol. The maximum atomic E-state index is 13.2. The quantitative estimate of drug-likeness (QED) is 0.513. The maximum absolute atomic E-state index is 13.2. The number of fused-ring (bicyclic) bond motifs is 1. The summed E-state index contributed by atoms with van der Waals surface area (Å²) in [5.41, 5.74) is 1.33. The second kappa shape index (κ2) is 8.11. The number of carbonyl (C=O) groups excluding carboxylic acids is 2. The second-order valence-electron chi connectivity index (χ2n) is 7.73. The summed E-state index contributed by atoms with van der Waals surface area (Å²) in [6.45, 7) is 0. The molecule has 2 amide bonds. The molecule has 0 atom stereocenters. The van der Waals surface area contributed by atoms with Gasteiger partial charge in [0.05, 0.1) is 11.1 Å². The summed E-state index contributed by atoms with van der Waals surface area (Å²) in [7, 11) is 0. The van der Waals surface area contributed by atoms with Gasteiger partial charge in [-0.3, -0.25) is 14.4 Å². The van der Waals surface area contributed by atoms with Gasteiger partial charge in [0.1, 0.15) is 0 Å². The number of hydrogen-bond acceptors (Lipinski definition) is 4. The Labute approximate surface area is 183 Å². The van der Waals surface area contributed by atoms with Crippen LogP contribution in [0.15, 0.2) is 83.7 Å². The first kappa shape index (κ1) is 19.7. The molecule has 0 radical (unpaired) electrons. The molecule has 1 aliphatic carbocycles. The summed E-state index contributed by atoms with van der Waals surface area (Å²) < 4.78 is 1.23. The lowest BCUT2D eigenvalue weighted by molar-refractivity contribution is 0.0949. The highest BCUT2D eigenvalue weighted by Crippen LogP contribution is 2.21. The van der Waals surface area contributed by atoms with E-state index in [1.54, 1.807) is 72.8 Å². The van der Waals surface area contributed by atoms with Crippen LogP contribution in [0, 0.1) is 0 Å². The molecular formula is C25H20N4O3. The number of amides is 2. The molecule has 7 nitrogen and oxygen atoms in total. The van der Waals surface area contributed by atoms with E-state index in [0.717, 1.165) is 12.8 Å². The topological polar surface area (TPSA) is 93.1 Å². The lowest BCUT2D eigenvalue weighted by atomic mass is 10.1. The molecule has 0 aliphatic heterocycles. The predicted octanol–water partition coefficient (Wildman–Crippen LogP) is 3.53. The van der Waals surface area contributed by atoms with E-state index in [0.29, 0.717) is 27.7 Å². The van der Waals surface area contributed by atoms with E-state index in [1.807, 2.05) is 6.07 Å². The molecule has 1 heterocycles. The number of hydrogen-bond donors (Lipinski definition) is 2. The van der Waals surface area contributed by atoms with Crippen LogP contribution in [-0.4, -0.2) is 27.6 Å². The molecule has 2 N–H and O–H groups in total. The van der Waals surface area contributed by atoms with Gasteiger partial charge in [0.2, 0.25) is 0 Å². The standard InChI is InChI=1S/C25H20N4O3/c30-23(26-17-13-14-17)16-7-6-8-18(15-16)27-24(31)22-20-11-4-5-12-21(20)25(32)29(28-22)19-9-2-1-3-10-19/h1-12,15,17H,13-14H2,(H,26,30)(H,27,31). The average molecular weight is 424 g/mol. The molecule has 5 rings (SSSR count). The zero-order chi connectivity index (χ0) is 22.1. The third kappa shape index (κ3) is 3.88. The minimum Gasteiger partial charge on any atom is -0.349 e. The van der Waals surface area contributed by atoms with Crippen LogP contribution in [0.5, 0.6) is 0 Å². The smallest absolute Gasteiger partial charge is 0.279 e. The molecule has 1 aliphatic rings. The first-order valence-electron chi connectivity index (χ1n) is 10.4. The van der Waals surface area contributed by atoms with Gasteiger partial charge in [-0.2, -0.15) is 9.78 Å². The highest BCUT2D eigenvalue weighted by molar-refractivity contribution is 6.11.